The highest BCUT2D eigenvalue weighted by Crippen LogP contribution is 2.17. The zero-order valence-corrected chi connectivity index (χ0v) is 9.54. The molecule has 1 saturated heterocycles. The summed E-state index contributed by atoms with van der Waals surface area (Å²) in [5, 5.41) is 15.3. The van der Waals surface area contributed by atoms with Crippen LogP contribution in [-0.2, 0) is 10.8 Å². The van der Waals surface area contributed by atoms with Crippen LogP contribution in [0, 0.1) is 5.41 Å². The number of rotatable bonds is 2. The molecule has 0 aromatic carbocycles. The molecule has 86 valence electrons. The topological polar surface area (TPSA) is 96.0 Å². The van der Waals surface area contributed by atoms with E-state index in [0.717, 1.165) is 0 Å². The van der Waals surface area contributed by atoms with Gasteiger partial charge in [0.05, 0.1) is 11.8 Å². The summed E-state index contributed by atoms with van der Waals surface area (Å²) in [4.78, 5) is 1.98. The van der Waals surface area contributed by atoms with Crippen molar-refractivity contribution in [2.75, 3.05) is 29.5 Å². The Labute approximate surface area is 95.8 Å². The molecule has 2 heterocycles. The summed E-state index contributed by atoms with van der Waals surface area (Å²) < 4.78 is 11.2. The van der Waals surface area contributed by atoms with E-state index in [9.17, 15) is 4.21 Å². The van der Waals surface area contributed by atoms with E-state index in [1.807, 2.05) is 4.90 Å². The molecule has 0 radical (unpaired) electrons. The molecule has 0 saturated carbocycles. The van der Waals surface area contributed by atoms with Gasteiger partial charge >= 0.3 is 0 Å². The Morgan fingerprint density at radius 1 is 1.50 bits per heavy atom. The Balaban J connectivity index is 2.26. The van der Waals surface area contributed by atoms with Gasteiger partial charge < -0.3 is 10.6 Å². The molecule has 0 atom stereocenters. The van der Waals surface area contributed by atoms with Crippen molar-refractivity contribution in [3.05, 3.63) is 17.8 Å². The number of aromatic nitrogens is 2. The lowest BCUT2D eigenvalue weighted by Gasteiger charge is -2.28. The summed E-state index contributed by atoms with van der Waals surface area (Å²) in [5.74, 6) is 1.87. The standard InChI is InChI=1S/C9H13N5OS/c10-8(11)7-1-2-12-13-9(7)14-3-5-16(15)6-4-14/h1-2H,3-6H2,(H3,10,11). The average molecular weight is 239 g/mol. The lowest BCUT2D eigenvalue weighted by Crippen LogP contribution is -2.39. The fraction of sp³-hybridized carbons (Fsp3) is 0.444. The SMILES string of the molecule is N=C(N)c1ccnnc1N1CCS(=O)CC1. The van der Waals surface area contributed by atoms with Crippen LogP contribution in [0.2, 0.25) is 0 Å². The third-order valence-electron chi connectivity index (χ3n) is 2.47. The van der Waals surface area contributed by atoms with Crippen molar-refractivity contribution in [1.29, 1.82) is 5.41 Å². The summed E-state index contributed by atoms with van der Waals surface area (Å²) in [5.41, 5.74) is 6.06. The van der Waals surface area contributed by atoms with Crippen LogP contribution in [0.1, 0.15) is 5.56 Å². The fourth-order valence-corrected chi connectivity index (χ4v) is 2.67. The highest BCUT2D eigenvalue weighted by Gasteiger charge is 2.20. The number of nitrogens with one attached hydrogen (secondary N) is 1. The summed E-state index contributed by atoms with van der Waals surface area (Å²) in [6.07, 6.45) is 1.52. The van der Waals surface area contributed by atoms with Gasteiger partial charge in [0.2, 0.25) is 0 Å². The molecular weight excluding hydrogens is 226 g/mol. The van der Waals surface area contributed by atoms with Gasteiger partial charge in [-0.25, -0.2) is 0 Å². The van der Waals surface area contributed by atoms with E-state index < -0.39 is 10.8 Å². The summed E-state index contributed by atoms with van der Waals surface area (Å²) >= 11 is 0. The molecule has 1 aromatic heterocycles. The number of nitrogens with zero attached hydrogens (tertiary/aromatic N) is 3. The summed E-state index contributed by atoms with van der Waals surface area (Å²) in [7, 11) is -0.727. The Morgan fingerprint density at radius 3 is 2.81 bits per heavy atom. The maximum atomic E-state index is 11.2. The maximum absolute atomic E-state index is 11.2. The second-order valence-electron chi connectivity index (χ2n) is 3.52. The Kier molecular flexibility index (Phi) is 3.14. The van der Waals surface area contributed by atoms with Gasteiger partial charge in [-0.15, -0.1) is 5.10 Å². The van der Waals surface area contributed by atoms with Gasteiger partial charge in [-0.2, -0.15) is 5.10 Å². The van der Waals surface area contributed by atoms with Gasteiger partial charge in [0, 0.05) is 35.4 Å². The minimum atomic E-state index is -0.727. The minimum absolute atomic E-state index is 0.0170. The molecule has 7 heteroatoms. The van der Waals surface area contributed by atoms with E-state index in [2.05, 4.69) is 10.2 Å². The van der Waals surface area contributed by atoms with Crippen molar-refractivity contribution >= 4 is 22.5 Å². The third-order valence-corrected chi connectivity index (χ3v) is 3.74. The second kappa shape index (κ2) is 4.56. The molecule has 0 spiro atoms. The van der Waals surface area contributed by atoms with Crippen LogP contribution in [0.3, 0.4) is 0 Å². The van der Waals surface area contributed by atoms with Gasteiger partial charge in [0.1, 0.15) is 5.84 Å². The maximum Gasteiger partial charge on any atom is 0.162 e. The molecule has 1 aliphatic rings. The van der Waals surface area contributed by atoms with Crippen LogP contribution >= 0.6 is 0 Å². The molecule has 1 fully saturated rings. The number of hydrogen-bond donors (Lipinski definition) is 2. The largest absolute Gasteiger partial charge is 0.384 e. The molecule has 1 aromatic rings. The number of nitrogen functional groups attached to an aromatic ring is 1. The van der Waals surface area contributed by atoms with E-state index in [4.69, 9.17) is 11.1 Å². The van der Waals surface area contributed by atoms with Crippen LogP contribution in [0.15, 0.2) is 12.3 Å². The van der Waals surface area contributed by atoms with E-state index >= 15 is 0 Å². The van der Waals surface area contributed by atoms with Gasteiger partial charge in [-0.05, 0) is 6.07 Å². The molecule has 0 bridgehead atoms. The quantitative estimate of drug-likeness (QED) is 0.527. The number of amidine groups is 1. The normalized spacial score (nSPS) is 17.4. The lowest BCUT2D eigenvalue weighted by molar-refractivity contribution is 0.671. The van der Waals surface area contributed by atoms with Gasteiger partial charge in [-0.3, -0.25) is 9.62 Å². The van der Waals surface area contributed by atoms with Crippen LogP contribution in [0.5, 0.6) is 0 Å². The number of nitrogens with two attached hydrogens (primary N) is 1. The van der Waals surface area contributed by atoms with E-state index in [1.165, 1.54) is 6.20 Å². The van der Waals surface area contributed by atoms with Gasteiger partial charge in [0.15, 0.2) is 5.82 Å². The predicted octanol–water partition coefficient (Wildman–Crippen LogP) is -0.671. The van der Waals surface area contributed by atoms with Crippen molar-refractivity contribution in [1.82, 2.24) is 10.2 Å². The first-order valence-corrected chi connectivity index (χ1v) is 6.43. The molecule has 6 nitrogen and oxygen atoms in total. The first-order valence-electron chi connectivity index (χ1n) is 4.94. The van der Waals surface area contributed by atoms with Crippen molar-refractivity contribution in [2.45, 2.75) is 0 Å². The predicted molar refractivity (Wildman–Crippen MR) is 63.1 cm³/mol. The Bertz CT molecular complexity index is 426. The van der Waals surface area contributed by atoms with Crippen LogP contribution in [0.25, 0.3) is 0 Å². The Hall–Kier alpha value is -1.50. The monoisotopic (exact) mass is 239 g/mol. The van der Waals surface area contributed by atoms with Crippen LogP contribution in [-0.4, -0.2) is 44.8 Å². The molecule has 0 amide bonds. The minimum Gasteiger partial charge on any atom is -0.384 e. The molecule has 0 unspecified atom stereocenters. The van der Waals surface area contributed by atoms with Crippen molar-refractivity contribution < 1.29 is 4.21 Å². The first-order chi connectivity index (χ1) is 7.68. The summed E-state index contributed by atoms with van der Waals surface area (Å²) in [6, 6.07) is 1.68. The molecule has 16 heavy (non-hydrogen) atoms. The van der Waals surface area contributed by atoms with Crippen molar-refractivity contribution in [2.24, 2.45) is 5.73 Å². The summed E-state index contributed by atoms with van der Waals surface area (Å²) in [6.45, 7) is 1.34. The van der Waals surface area contributed by atoms with Crippen LogP contribution < -0.4 is 10.6 Å². The molecule has 3 N–H and O–H groups in total. The van der Waals surface area contributed by atoms with E-state index in [1.54, 1.807) is 6.07 Å². The zero-order chi connectivity index (χ0) is 11.5. The van der Waals surface area contributed by atoms with Crippen molar-refractivity contribution in [3.63, 3.8) is 0 Å². The number of hydrogen-bond acceptors (Lipinski definition) is 5. The highest BCUT2D eigenvalue weighted by molar-refractivity contribution is 7.85. The first kappa shape index (κ1) is 11.0. The molecule has 2 rings (SSSR count). The highest BCUT2D eigenvalue weighted by atomic mass is 32.2. The van der Waals surface area contributed by atoms with Crippen LogP contribution in [0.4, 0.5) is 5.82 Å². The molecule has 1 aliphatic heterocycles. The van der Waals surface area contributed by atoms with E-state index in [0.29, 0.717) is 36.0 Å². The molecular formula is C9H13N5OS. The Morgan fingerprint density at radius 2 is 2.19 bits per heavy atom. The number of anilines is 1. The smallest absolute Gasteiger partial charge is 0.162 e. The van der Waals surface area contributed by atoms with Gasteiger partial charge in [0.25, 0.3) is 0 Å². The zero-order valence-electron chi connectivity index (χ0n) is 8.72. The lowest BCUT2D eigenvalue weighted by atomic mass is 10.2. The third kappa shape index (κ3) is 2.19. The van der Waals surface area contributed by atoms with Gasteiger partial charge in [-0.1, -0.05) is 0 Å². The average Bonchev–Trinajstić information content (AvgIpc) is 2.30. The van der Waals surface area contributed by atoms with E-state index in [-0.39, 0.29) is 5.84 Å². The molecule has 0 aliphatic carbocycles. The fourth-order valence-electron chi connectivity index (χ4n) is 1.62. The van der Waals surface area contributed by atoms with Crippen molar-refractivity contribution in [3.8, 4) is 0 Å². The second-order valence-corrected chi connectivity index (χ2v) is 5.21.